The Bertz CT molecular complexity index is 1700. The number of hydrogen-bond acceptors (Lipinski definition) is 5. The molecule has 4 aromatic rings. The molecule has 218 valence electrons. The third kappa shape index (κ3) is 7.61. The quantitative estimate of drug-likeness (QED) is 0.151. The second-order valence-corrected chi connectivity index (χ2v) is 11.0. The van der Waals surface area contributed by atoms with Gasteiger partial charge in [-0.15, -0.1) is 0 Å². The lowest BCUT2D eigenvalue weighted by Gasteiger charge is -2.21. The van der Waals surface area contributed by atoms with E-state index in [0.717, 1.165) is 27.6 Å². The number of carbonyl (C=O) groups is 4. The van der Waals surface area contributed by atoms with Crippen molar-refractivity contribution < 1.29 is 19.2 Å². The monoisotopic (exact) mass is 574 g/mol. The van der Waals surface area contributed by atoms with Crippen LogP contribution in [0, 0.1) is 0 Å². The number of amides is 2. The zero-order valence-corrected chi connectivity index (χ0v) is 24.1. The maximum atomic E-state index is 13.9. The van der Waals surface area contributed by atoms with Crippen molar-refractivity contribution in [1.82, 2.24) is 15.6 Å². The number of para-hydroxylation sites is 1. The molecule has 0 aliphatic heterocycles. The topological polar surface area (TPSA) is 120 Å². The fourth-order valence-electron chi connectivity index (χ4n) is 4.93. The number of H-pyrrole nitrogens is 1. The van der Waals surface area contributed by atoms with Gasteiger partial charge < -0.3 is 20.9 Å². The highest BCUT2D eigenvalue weighted by Crippen LogP contribution is 2.23. The van der Waals surface area contributed by atoms with E-state index in [0.29, 0.717) is 36.3 Å². The van der Waals surface area contributed by atoms with E-state index >= 15 is 0 Å². The van der Waals surface area contributed by atoms with Crippen LogP contribution in [0.5, 0.6) is 0 Å². The Morgan fingerprint density at radius 2 is 1.60 bits per heavy atom. The van der Waals surface area contributed by atoms with Crippen LogP contribution in [0.2, 0.25) is 0 Å². The van der Waals surface area contributed by atoms with Gasteiger partial charge in [0.1, 0.15) is 11.7 Å². The number of aromatic amines is 1. The van der Waals surface area contributed by atoms with Crippen LogP contribution < -0.4 is 16.0 Å². The predicted octanol–water partition coefficient (Wildman–Crippen LogP) is 4.82. The maximum Gasteiger partial charge on any atom is 0.268 e. The molecule has 0 fully saturated rings. The van der Waals surface area contributed by atoms with E-state index in [9.17, 15) is 19.2 Å². The minimum absolute atomic E-state index is 0.228. The van der Waals surface area contributed by atoms with Crippen molar-refractivity contribution in [3.8, 4) is 0 Å². The summed E-state index contributed by atoms with van der Waals surface area (Å²) in [6.45, 7) is 4.61. The zero-order valence-electron chi connectivity index (χ0n) is 24.1. The number of fused-ring (bicyclic) bond motifs is 1. The molecule has 5 rings (SSSR count). The Labute approximate surface area is 250 Å². The first-order valence-electron chi connectivity index (χ1n) is 14.3. The second kappa shape index (κ2) is 13.3. The highest BCUT2D eigenvalue weighted by Gasteiger charge is 2.24. The number of hydrogen-bond donors (Lipinski definition) is 4. The van der Waals surface area contributed by atoms with Gasteiger partial charge in [-0.3, -0.25) is 19.2 Å². The average Bonchev–Trinajstić information content (AvgIpc) is 3.43. The minimum atomic E-state index is -0.858. The molecule has 1 aliphatic carbocycles. The van der Waals surface area contributed by atoms with Crippen molar-refractivity contribution in [1.29, 1.82) is 0 Å². The van der Waals surface area contributed by atoms with Crippen LogP contribution in [0.1, 0.15) is 41.0 Å². The number of rotatable bonds is 11. The van der Waals surface area contributed by atoms with Crippen LogP contribution >= 0.6 is 0 Å². The summed E-state index contributed by atoms with van der Waals surface area (Å²) < 4.78 is 0. The SMILES string of the molecule is CC(C)NCc1ccc(CC2=CC(=O)C(=O)C=C2)cc1NC(=O)[C@H](Cc1ccccc1)NC(=O)c1cc2ccccc2[nH]1. The second-order valence-electron chi connectivity index (χ2n) is 11.0. The van der Waals surface area contributed by atoms with E-state index in [-0.39, 0.29) is 17.9 Å². The summed E-state index contributed by atoms with van der Waals surface area (Å²) in [6, 6.07) is 24.1. The summed E-state index contributed by atoms with van der Waals surface area (Å²) in [6.07, 6.45) is 4.99. The lowest BCUT2D eigenvalue weighted by atomic mass is 9.97. The highest BCUT2D eigenvalue weighted by atomic mass is 16.2. The molecule has 0 saturated heterocycles. The Balaban J connectivity index is 1.41. The predicted molar refractivity (Wildman–Crippen MR) is 168 cm³/mol. The van der Waals surface area contributed by atoms with E-state index in [2.05, 4.69) is 20.9 Å². The first-order chi connectivity index (χ1) is 20.7. The molecule has 3 aromatic carbocycles. The van der Waals surface area contributed by atoms with Gasteiger partial charge in [0.2, 0.25) is 17.5 Å². The number of ketones is 2. The first-order valence-corrected chi connectivity index (χ1v) is 14.3. The van der Waals surface area contributed by atoms with Crippen LogP contribution in [0.4, 0.5) is 5.69 Å². The summed E-state index contributed by atoms with van der Waals surface area (Å²) in [5.74, 6) is -1.81. The lowest BCUT2D eigenvalue weighted by Crippen LogP contribution is -2.45. The van der Waals surface area contributed by atoms with Gasteiger partial charge in [0, 0.05) is 35.6 Å². The fraction of sp³-hybridized carbons (Fsp3) is 0.200. The van der Waals surface area contributed by atoms with Crippen LogP contribution in [0.3, 0.4) is 0 Å². The van der Waals surface area contributed by atoms with E-state index in [1.807, 2.05) is 86.6 Å². The maximum absolute atomic E-state index is 13.9. The highest BCUT2D eigenvalue weighted by molar-refractivity contribution is 6.46. The van der Waals surface area contributed by atoms with Crippen LogP contribution in [-0.4, -0.2) is 40.4 Å². The Morgan fingerprint density at radius 1 is 0.837 bits per heavy atom. The molecular weight excluding hydrogens is 540 g/mol. The van der Waals surface area contributed by atoms with Crippen molar-refractivity contribution in [3.63, 3.8) is 0 Å². The molecule has 1 aliphatic rings. The van der Waals surface area contributed by atoms with Gasteiger partial charge in [-0.2, -0.15) is 0 Å². The number of aromatic nitrogens is 1. The molecule has 1 atom stereocenters. The molecule has 2 amide bonds. The van der Waals surface area contributed by atoms with Crippen molar-refractivity contribution in [2.45, 2.75) is 45.3 Å². The largest absolute Gasteiger partial charge is 0.351 e. The van der Waals surface area contributed by atoms with E-state index in [4.69, 9.17) is 0 Å². The molecule has 4 N–H and O–H groups in total. The summed E-state index contributed by atoms with van der Waals surface area (Å²) in [5, 5.41) is 10.3. The van der Waals surface area contributed by atoms with Gasteiger partial charge in [0.05, 0.1) is 0 Å². The molecule has 8 heteroatoms. The number of nitrogens with one attached hydrogen (secondary N) is 4. The van der Waals surface area contributed by atoms with Crippen LogP contribution in [0.15, 0.2) is 103 Å². The third-order valence-electron chi connectivity index (χ3n) is 7.23. The van der Waals surface area contributed by atoms with E-state index in [1.165, 1.54) is 12.2 Å². The summed E-state index contributed by atoms with van der Waals surface area (Å²) >= 11 is 0. The Kier molecular flexibility index (Phi) is 9.08. The standard InChI is InChI=1S/C35H34N4O4/c1-22(2)36-21-27-14-12-24(16-25-13-15-32(40)33(41)19-25)18-29(27)38-34(42)30(17-23-8-4-3-5-9-23)39-35(43)31-20-26-10-6-7-11-28(26)37-31/h3-15,18-20,22,30,36-37H,16-17,21H2,1-2H3,(H,38,42)(H,39,43)/t30-/m0/s1. The van der Waals surface area contributed by atoms with Crippen molar-refractivity contribution >= 4 is 40.0 Å². The van der Waals surface area contributed by atoms with E-state index < -0.39 is 17.6 Å². The molecule has 0 spiro atoms. The summed E-state index contributed by atoms with van der Waals surface area (Å²) in [7, 11) is 0. The Morgan fingerprint density at radius 3 is 2.35 bits per heavy atom. The third-order valence-corrected chi connectivity index (χ3v) is 7.23. The lowest BCUT2D eigenvalue weighted by molar-refractivity contribution is -0.131. The van der Waals surface area contributed by atoms with Crippen LogP contribution in [0.25, 0.3) is 10.9 Å². The molecule has 1 aromatic heterocycles. The normalized spacial score (nSPS) is 13.7. The zero-order chi connectivity index (χ0) is 30.3. The summed E-state index contributed by atoms with van der Waals surface area (Å²) in [4.78, 5) is 53.8. The first kappa shape index (κ1) is 29.4. The smallest absolute Gasteiger partial charge is 0.268 e. The molecular formula is C35H34N4O4. The number of benzene rings is 3. The van der Waals surface area contributed by atoms with Gasteiger partial charge in [-0.1, -0.05) is 80.6 Å². The van der Waals surface area contributed by atoms with Gasteiger partial charge in [-0.25, -0.2) is 0 Å². The molecule has 0 saturated carbocycles. The van der Waals surface area contributed by atoms with Gasteiger partial charge >= 0.3 is 0 Å². The number of allylic oxidation sites excluding steroid dienone is 4. The molecule has 43 heavy (non-hydrogen) atoms. The average molecular weight is 575 g/mol. The van der Waals surface area contributed by atoms with Gasteiger partial charge in [-0.05, 0) is 59.0 Å². The molecule has 0 unspecified atom stereocenters. The van der Waals surface area contributed by atoms with Crippen molar-refractivity contribution in [2.75, 3.05) is 5.32 Å². The number of anilines is 1. The van der Waals surface area contributed by atoms with Crippen LogP contribution in [-0.2, 0) is 33.8 Å². The van der Waals surface area contributed by atoms with Gasteiger partial charge in [0.25, 0.3) is 5.91 Å². The fourth-order valence-corrected chi connectivity index (χ4v) is 4.93. The summed E-state index contributed by atoms with van der Waals surface area (Å²) in [5.41, 5.74) is 5.18. The minimum Gasteiger partial charge on any atom is -0.351 e. The Hall–Kier alpha value is -5.08. The molecule has 8 nitrogen and oxygen atoms in total. The van der Waals surface area contributed by atoms with E-state index in [1.54, 1.807) is 12.1 Å². The molecule has 1 heterocycles. The van der Waals surface area contributed by atoms with Gasteiger partial charge in [0.15, 0.2) is 0 Å². The van der Waals surface area contributed by atoms with Crippen molar-refractivity contribution in [2.24, 2.45) is 0 Å². The van der Waals surface area contributed by atoms with Crippen molar-refractivity contribution in [3.05, 3.63) is 125 Å². The molecule has 0 radical (unpaired) electrons. The molecule has 0 bridgehead atoms. The number of carbonyl (C=O) groups excluding carboxylic acids is 4.